The molecule has 1 aliphatic heterocycles. The van der Waals surface area contributed by atoms with Crippen molar-refractivity contribution in [3.63, 3.8) is 0 Å². The van der Waals surface area contributed by atoms with Crippen LogP contribution in [0.3, 0.4) is 0 Å². The van der Waals surface area contributed by atoms with Crippen molar-refractivity contribution in [1.82, 2.24) is 4.57 Å². The molecule has 0 N–H and O–H groups in total. The van der Waals surface area contributed by atoms with Gasteiger partial charge in [-0.1, -0.05) is 49.6 Å². The number of aromatic nitrogens is 1. The lowest BCUT2D eigenvalue weighted by atomic mass is 9.82. The highest BCUT2D eigenvalue weighted by molar-refractivity contribution is 5.71. The lowest BCUT2D eigenvalue weighted by Crippen LogP contribution is -2.05. The summed E-state index contributed by atoms with van der Waals surface area (Å²) in [4.78, 5) is 0. The fourth-order valence-corrected chi connectivity index (χ4v) is 4.17. The minimum absolute atomic E-state index is 0.803. The van der Waals surface area contributed by atoms with Crippen molar-refractivity contribution in [3.8, 4) is 11.1 Å². The van der Waals surface area contributed by atoms with Crippen LogP contribution < -0.4 is 0 Å². The number of rotatable bonds is 2. The van der Waals surface area contributed by atoms with E-state index in [1.54, 1.807) is 16.8 Å². The molecule has 1 aliphatic carbocycles. The van der Waals surface area contributed by atoms with Gasteiger partial charge in [-0.15, -0.1) is 0 Å². The molecule has 1 saturated carbocycles. The van der Waals surface area contributed by atoms with Gasteiger partial charge in [0.15, 0.2) is 0 Å². The van der Waals surface area contributed by atoms with Crippen molar-refractivity contribution >= 4 is 0 Å². The van der Waals surface area contributed by atoms with Crippen molar-refractivity contribution < 1.29 is 0 Å². The summed E-state index contributed by atoms with van der Waals surface area (Å²) >= 11 is 0. The highest BCUT2D eigenvalue weighted by atomic mass is 15.0. The van der Waals surface area contributed by atoms with E-state index in [0.29, 0.717) is 0 Å². The Morgan fingerprint density at radius 2 is 1.70 bits per heavy atom. The Morgan fingerprint density at radius 3 is 2.50 bits per heavy atom. The normalized spacial score (nSPS) is 19.2. The second-order valence-corrected chi connectivity index (χ2v) is 6.40. The Labute approximate surface area is 121 Å². The molecule has 20 heavy (non-hydrogen) atoms. The first kappa shape index (κ1) is 12.3. The molecule has 1 fully saturated rings. The summed E-state index contributed by atoms with van der Waals surface area (Å²) in [6, 6.07) is 11.1. The van der Waals surface area contributed by atoms with Crippen molar-refractivity contribution in [1.29, 1.82) is 0 Å². The Balaban J connectivity index is 1.82. The third kappa shape index (κ3) is 2.00. The molecule has 1 nitrogen and oxygen atoms in total. The number of fused-ring (bicyclic) bond motifs is 1. The first-order chi connectivity index (χ1) is 9.93. The SMILES string of the molecule is c1ccc(-c2c(C3CCCCC3)cn3c2CCC3)cc1. The van der Waals surface area contributed by atoms with Crippen LogP contribution in [-0.2, 0) is 13.0 Å². The molecule has 104 valence electrons. The van der Waals surface area contributed by atoms with Crippen LogP contribution in [0.25, 0.3) is 11.1 Å². The summed E-state index contributed by atoms with van der Waals surface area (Å²) in [7, 11) is 0. The molecule has 0 saturated heterocycles. The lowest BCUT2D eigenvalue weighted by molar-refractivity contribution is 0.443. The molecule has 2 heterocycles. The molecule has 4 rings (SSSR count). The van der Waals surface area contributed by atoms with E-state index in [9.17, 15) is 0 Å². The van der Waals surface area contributed by atoms with Gasteiger partial charge in [-0.2, -0.15) is 0 Å². The lowest BCUT2D eigenvalue weighted by Gasteiger charge is -2.22. The smallest absolute Gasteiger partial charge is 0.0257 e. The zero-order valence-corrected chi connectivity index (χ0v) is 12.1. The number of hydrogen-bond donors (Lipinski definition) is 0. The predicted molar refractivity (Wildman–Crippen MR) is 84.0 cm³/mol. The van der Waals surface area contributed by atoms with Gasteiger partial charge in [0.2, 0.25) is 0 Å². The Morgan fingerprint density at radius 1 is 0.900 bits per heavy atom. The number of nitrogens with zero attached hydrogens (tertiary/aromatic N) is 1. The molecule has 0 amide bonds. The van der Waals surface area contributed by atoms with Crippen LogP contribution in [0.5, 0.6) is 0 Å². The standard InChI is InChI=1S/C19H23N/c1-3-8-15(9-4-1)17-14-20-13-7-12-18(20)19(17)16-10-5-2-6-11-16/h2,5-6,10-11,14-15H,1,3-4,7-9,12-13H2. The van der Waals surface area contributed by atoms with Gasteiger partial charge in [0, 0.05) is 24.0 Å². The van der Waals surface area contributed by atoms with E-state index in [0.717, 1.165) is 5.92 Å². The number of benzene rings is 1. The molecule has 0 radical (unpaired) electrons. The van der Waals surface area contributed by atoms with Crippen molar-refractivity contribution in [2.24, 2.45) is 0 Å². The van der Waals surface area contributed by atoms with Gasteiger partial charge < -0.3 is 4.57 Å². The van der Waals surface area contributed by atoms with E-state index < -0.39 is 0 Å². The van der Waals surface area contributed by atoms with E-state index in [1.165, 1.54) is 57.1 Å². The molecular weight excluding hydrogens is 242 g/mol. The molecule has 0 atom stereocenters. The minimum Gasteiger partial charge on any atom is -0.350 e. The highest BCUT2D eigenvalue weighted by Crippen LogP contribution is 2.42. The van der Waals surface area contributed by atoms with E-state index in [4.69, 9.17) is 0 Å². The molecule has 0 unspecified atom stereocenters. The van der Waals surface area contributed by atoms with E-state index in [1.807, 2.05) is 0 Å². The fourth-order valence-electron chi connectivity index (χ4n) is 4.17. The van der Waals surface area contributed by atoms with Crippen LogP contribution in [0.2, 0.25) is 0 Å². The summed E-state index contributed by atoms with van der Waals surface area (Å²) in [5.74, 6) is 0.803. The molecule has 1 aromatic carbocycles. The Hall–Kier alpha value is -1.50. The second-order valence-electron chi connectivity index (χ2n) is 6.40. The van der Waals surface area contributed by atoms with Crippen LogP contribution >= 0.6 is 0 Å². The van der Waals surface area contributed by atoms with Gasteiger partial charge in [0.1, 0.15) is 0 Å². The topological polar surface area (TPSA) is 4.93 Å². The van der Waals surface area contributed by atoms with Crippen molar-refractivity contribution in [3.05, 3.63) is 47.8 Å². The second kappa shape index (κ2) is 5.12. The average molecular weight is 265 g/mol. The van der Waals surface area contributed by atoms with Gasteiger partial charge in [-0.05, 0) is 42.7 Å². The largest absolute Gasteiger partial charge is 0.350 e. The number of aryl methyl sites for hydroxylation is 1. The first-order valence-electron chi connectivity index (χ1n) is 8.21. The molecule has 1 heteroatoms. The first-order valence-corrected chi connectivity index (χ1v) is 8.21. The van der Waals surface area contributed by atoms with E-state index in [-0.39, 0.29) is 0 Å². The van der Waals surface area contributed by atoms with Gasteiger partial charge in [0.25, 0.3) is 0 Å². The van der Waals surface area contributed by atoms with E-state index >= 15 is 0 Å². The van der Waals surface area contributed by atoms with Gasteiger partial charge in [-0.25, -0.2) is 0 Å². The van der Waals surface area contributed by atoms with Gasteiger partial charge in [0.05, 0.1) is 0 Å². The maximum Gasteiger partial charge on any atom is 0.0257 e. The molecule has 0 bridgehead atoms. The average Bonchev–Trinajstić information content (AvgIpc) is 3.09. The summed E-state index contributed by atoms with van der Waals surface area (Å²) < 4.78 is 2.53. The third-order valence-corrected chi connectivity index (χ3v) is 5.14. The van der Waals surface area contributed by atoms with Crippen molar-refractivity contribution in [2.75, 3.05) is 0 Å². The highest BCUT2D eigenvalue weighted by Gasteiger charge is 2.26. The Bertz CT molecular complexity index is 588. The Kier molecular flexibility index (Phi) is 3.14. The van der Waals surface area contributed by atoms with Gasteiger partial charge >= 0.3 is 0 Å². The van der Waals surface area contributed by atoms with Crippen LogP contribution in [0, 0.1) is 0 Å². The molecule has 0 spiro atoms. The summed E-state index contributed by atoms with van der Waals surface area (Å²) in [5.41, 5.74) is 6.25. The molecular formula is C19H23N. The fraction of sp³-hybridized carbons (Fsp3) is 0.474. The minimum atomic E-state index is 0.803. The molecule has 2 aliphatic rings. The molecule has 2 aromatic rings. The maximum absolute atomic E-state index is 2.53. The predicted octanol–water partition coefficient (Wildman–Crippen LogP) is 5.15. The summed E-state index contributed by atoms with van der Waals surface area (Å²) in [5, 5.41) is 0. The van der Waals surface area contributed by atoms with Gasteiger partial charge in [-0.3, -0.25) is 0 Å². The third-order valence-electron chi connectivity index (χ3n) is 5.14. The van der Waals surface area contributed by atoms with E-state index in [2.05, 4.69) is 41.1 Å². The van der Waals surface area contributed by atoms with Crippen LogP contribution in [0.15, 0.2) is 36.5 Å². The quantitative estimate of drug-likeness (QED) is 0.707. The zero-order valence-electron chi connectivity index (χ0n) is 12.1. The zero-order chi connectivity index (χ0) is 13.4. The van der Waals surface area contributed by atoms with Crippen LogP contribution in [0.1, 0.15) is 55.7 Å². The maximum atomic E-state index is 2.53. The molecule has 1 aromatic heterocycles. The number of hydrogen-bond acceptors (Lipinski definition) is 0. The summed E-state index contributed by atoms with van der Waals surface area (Å²) in [6.45, 7) is 1.22. The van der Waals surface area contributed by atoms with Crippen LogP contribution in [-0.4, -0.2) is 4.57 Å². The monoisotopic (exact) mass is 265 g/mol. The summed E-state index contributed by atoms with van der Waals surface area (Å²) in [6.07, 6.45) is 12.1. The van der Waals surface area contributed by atoms with Crippen LogP contribution in [0.4, 0.5) is 0 Å². The van der Waals surface area contributed by atoms with Crippen molar-refractivity contribution in [2.45, 2.75) is 57.4 Å².